The zero-order chi connectivity index (χ0) is 20.8. The highest BCUT2D eigenvalue weighted by Gasteiger charge is 2.18. The quantitative estimate of drug-likeness (QED) is 0.418. The topological polar surface area (TPSA) is 134 Å². The van der Waals surface area contributed by atoms with Gasteiger partial charge in [0.25, 0.3) is 0 Å². The van der Waals surface area contributed by atoms with Gasteiger partial charge in [0.2, 0.25) is 0 Å². The van der Waals surface area contributed by atoms with E-state index in [1.165, 1.54) is 38.1 Å². The molecule has 0 saturated heterocycles. The van der Waals surface area contributed by atoms with Crippen LogP contribution in [0, 0.1) is 0 Å². The van der Waals surface area contributed by atoms with E-state index in [4.69, 9.17) is 9.47 Å². The molecule has 8 nitrogen and oxygen atoms in total. The highest BCUT2D eigenvalue weighted by atomic mass is 16.5. The Kier molecular flexibility index (Phi) is 6.70. The fraction of sp³-hybridized carbons (Fsp3) is 0.300. The summed E-state index contributed by atoms with van der Waals surface area (Å²) in [6, 6.07) is 5.68. The van der Waals surface area contributed by atoms with E-state index < -0.39 is 34.9 Å². The number of phenolic OH excluding ortho intramolecular Hbond substituents is 4. The van der Waals surface area contributed by atoms with Gasteiger partial charge in [-0.05, 0) is 35.4 Å². The maximum absolute atomic E-state index is 10.9. The zero-order valence-corrected chi connectivity index (χ0v) is 15.6. The van der Waals surface area contributed by atoms with Crippen molar-refractivity contribution in [3.63, 3.8) is 0 Å². The number of ether oxygens (including phenoxy) is 2. The molecule has 0 heterocycles. The monoisotopic (exact) mass is 390 g/mol. The summed E-state index contributed by atoms with van der Waals surface area (Å²) in [6.07, 6.45) is 0.554. The lowest BCUT2D eigenvalue weighted by Gasteiger charge is -2.14. The number of hydrogen-bond donors (Lipinski definition) is 4. The molecule has 2 rings (SSSR count). The fourth-order valence-electron chi connectivity index (χ4n) is 2.68. The van der Waals surface area contributed by atoms with Crippen LogP contribution < -0.4 is 0 Å². The Labute approximate surface area is 161 Å². The SMILES string of the molecule is CC(=O)OCCc1cc(O)c(O)c(-c2cc(CCOC(C)=O)cc(O)c2O)c1. The van der Waals surface area contributed by atoms with E-state index in [0.717, 1.165) is 0 Å². The summed E-state index contributed by atoms with van der Waals surface area (Å²) in [5.41, 5.74) is 1.30. The van der Waals surface area contributed by atoms with Crippen LogP contribution in [-0.4, -0.2) is 45.6 Å². The highest BCUT2D eigenvalue weighted by Crippen LogP contribution is 2.44. The predicted octanol–water partition coefficient (Wildman–Crippen LogP) is 2.39. The number of benzene rings is 2. The Hall–Kier alpha value is -3.42. The van der Waals surface area contributed by atoms with Crippen molar-refractivity contribution in [2.24, 2.45) is 0 Å². The van der Waals surface area contributed by atoms with Crippen LogP contribution in [0.1, 0.15) is 25.0 Å². The van der Waals surface area contributed by atoms with Crippen LogP contribution in [0.5, 0.6) is 23.0 Å². The highest BCUT2D eigenvalue weighted by molar-refractivity contribution is 5.81. The Bertz CT molecular complexity index is 815. The molecule has 0 radical (unpaired) electrons. The van der Waals surface area contributed by atoms with Crippen molar-refractivity contribution in [3.8, 4) is 34.1 Å². The third-order valence-corrected chi connectivity index (χ3v) is 3.98. The van der Waals surface area contributed by atoms with Crippen LogP contribution in [0.3, 0.4) is 0 Å². The summed E-state index contributed by atoms with van der Waals surface area (Å²) in [6.45, 7) is 2.72. The van der Waals surface area contributed by atoms with Crippen molar-refractivity contribution in [2.75, 3.05) is 13.2 Å². The largest absolute Gasteiger partial charge is 0.504 e. The smallest absolute Gasteiger partial charge is 0.302 e. The van der Waals surface area contributed by atoms with E-state index in [2.05, 4.69) is 0 Å². The molecule has 0 spiro atoms. The molecule has 0 aliphatic carbocycles. The molecule has 8 heteroatoms. The molecule has 0 unspecified atom stereocenters. The summed E-state index contributed by atoms with van der Waals surface area (Å²) in [5.74, 6) is -2.65. The van der Waals surface area contributed by atoms with E-state index in [1.807, 2.05) is 0 Å². The normalized spacial score (nSPS) is 10.5. The Morgan fingerprint density at radius 3 is 1.39 bits per heavy atom. The summed E-state index contributed by atoms with van der Waals surface area (Å²) < 4.78 is 9.75. The van der Waals surface area contributed by atoms with Gasteiger partial charge in [-0.25, -0.2) is 0 Å². The van der Waals surface area contributed by atoms with Crippen LogP contribution in [-0.2, 0) is 31.9 Å². The summed E-state index contributed by atoms with van der Waals surface area (Å²) in [4.78, 5) is 21.8. The van der Waals surface area contributed by atoms with E-state index in [1.54, 1.807) is 0 Å². The van der Waals surface area contributed by atoms with Gasteiger partial charge in [-0.2, -0.15) is 0 Å². The lowest BCUT2D eigenvalue weighted by atomic mass is 9.96. The van der Waals surface area contributed by atoms with E-state index in [9.17, 15) is 30.0 Å². The number of aromatic hydroxyl groups is 4. The lowest BCUT2D eigenvalue weighted by Crippen LogP contribution is -2.04. The van der Waals surface area contributed by atoms with Gasteiger partial charge in [0.1, 0.15) is 0 Å². The molecule has 150 valence electrons. The van der Waals surface area contributed by atoms with E-state index >= 15 is 0 Å². The third kappa shape index (κ3) is 5.29. The second-order valence-electron chi connectivity index (χ2n) is 6.20. The predicted molar refractivity (Wildman–Crippen MR) is 99.2 cm³/mol. The van der Waals surface area contributed by atoms with Crippen molar-refractivity contribution in [1.82, 2.24) is 0 Å². The van der Waals surface area contributed by atoms with Gasteiger partial charge in [0, 0.05) is 37.8 Å². The van der Waals surface area contributed by atoms with Crippen molar-refractivity contribution < 1.29 is 39.5 Å². The maximum Gasteiger partial charge on any atom is 0.302 e. The van der Waals surface area contributed by atoms with Crippen LogP contribution in [0.2, 0.25) is 0 Å². The number of phenols is 4. The number of carbonyl (C=O) groups is 2. The minimum absolute atomic E-state index is 0.0820. The number of rotatable bonds is 7. The first-order valence-corrected chi connectivity index (χ1v) is 8.55. The Balaban J connectivity index is 2.39. The van der Waals surface area contributed by atoms with Gasteiger partial charge < -0.3 is 29.9 Å². The van der Waals surface area contributed by atoms with Crippen molar-refractivity contribution in [2.45, 2.75) is 26.7 Å². The van der Waals surface area contributed by atoms with E-state index in [-0.39, 0.29) is 37.2 Å². The van der Waals surface area contributed by atoms with Crippen LogP contribution in [0.25, 0.3) is 11.1 Å². The molecule has 4 N–H and O–H groups in total. The van der Waals surface area contributed by atoms with Gasteiger partial charge in [0.15, 0.2) is 23.0 Å². The van der Waals surface area contributed by atoms with Crippen LogP contribution in [0.15, 0.2) is 24.3 Å². The molecule has 0 aromatic heterocycles. The van der Waals surface area contributed by atoms with Gasteiger partial charge in [-0.1, -0.05) is 0 Å². The minimum Gasteiger partial charge on any atom is -0.504 e. The molecule has 28 heavy (non-hydrogen) atoms. The zero-order valence-electron chi connectivity index (χ0n) is 15.6. The average Bonchev–Trinajstić information content (AvgIpc) is 2.60. The Morgan fingerprint density at radius 2 is 1.07 bits per heavy atom. The molecule has 2 aromatic carbocycles. The third-order valence-electron chi connectivity index (χ3n) is 3.98. The Morgan fingerprint density at radius 1 is 0.714 bits per heavy atom. The van der Waals surface area contributed by atoms with Crippen molar-refractivity contribution >= 4 is 11.9 Å². The molecule has 0 fully saturated rings. The first kappa shape index (κ1) is 20.9. The molecular formula is C20H22O8. The standard InChI is InChI=1S/C20H22O8/c1-11(21)27-5-3-13-7-15(19(25)17(23)9-13)16-8-14(4-6-28-12(2)22)10-18(24)20(16)26/h7-10,23-26H,3-6H2,1-2H3. The maximum atomic E-state index is 10.9. The summed E-state index contributed by atoms with van der Waals surface area (Å²) in [5, 5.41) is 40.5. The molecule has 2 aromatic rings. The van der Waals surface area contributed by atoms with Crippen LogP contribution >= 0.6 is 0 Å². The van der Waals surface area contributed by atoms with Crippen molar-refractivity contribution in [3.05, 3.63) is 35.4 Å². The summed E-state index contributed by atoms with van der Waals surface area (Å²) in [7, 11) is 0. The first-order chi connectivity index (χ1) is 13.2. The summed E-state index contributed by atoms with van der Waals surface area (Å²) >= 11 is 0. The second-order valence-corrected chi connectivity index (χ2v) is 6.20. The van der Waals surface area contributed by atoms with Crippen molar-refractivity contribution in [1.29, 1.82) is 0 Å². The van der Waals surface area contributed by atoms with Gasteiger partial charge in [0.05, 0.1) is 13.2 Å². The van der Waals surface area contributed by atoms with Gasteiger partial charge >= 0.3 is 11.9 Å². The molecular weight excluding hydrogens is 368 g/mol. The molecule has 0 aliphatic rings. The number of hydrogen-bond acceptors (Lipinski definition) is 8. The molecule has 0 amide bonds. The molecule has 0 saturated carbocycles. The van der Waals surface area contributed by atoms with Crippen LogP contribution in [0.4, 0.5) is 0 Å². The molecule has 0 atom stereocenters. The lowest BCUT2D eigenvalue weighted by molar-refractivity contribution is -0.141. The molecule has 0 aliphatic heterocycles. The first-order valence-electron chi connectivity index (χ1n) is 8.55. The minimum atomic E-state index is -0.469. The second kappa shape index (κ2) is 8.98. The van der Waals surface area contributed by atoms with E-state index in [0.29, 0.717) is 11.1 Å². The number of esters is 2. The average molecular weight is 390 g/mol. The van der Waals surface area contributed by atoms with Gasteiger partial charge in [-0.15, -0.1) is 0 Å². The fourth-order valence-corrected chi connectivity index (χ4v) is 2.68. The van der Waals surface area contributed by atoms with Gasteiger partial charge in [-0.3, -0.25) is 9.59 Å². The number of carbonyl (C=O) groups excluding carboxylic acids is 2. The molecule has 0 bridgehead atoms.